The van der Waals surface area contributed by atoms with Gasteiger partial charge in [-0.3, -0.25) is 40.9 Å². The summed E-state index contributed by atoms with van der Waals surface area (Å²) in [6.07, 6.45) is 2.71. The number of carbonyl (C=O) groups is 1. The number of hydrogen-bond acceptors (Lipinski definition) is 10. The fourth-order valence-corrected chi connectivity index (χ4v) is 3.02. The van der Waals surface area contributed by atoms with Crippen molar-refractivity contribution in [2.24, 2.45) is 0 Å². The van der Waals surface area contributed by atoms with E-state index in [1.54, 1.807) is 36.5 Å². The number of anilines is 3. The molecule has 33 heavy (non-hydrogen) atoms. The average molecular weight is 446 g/mol. The molecule has 0 aliphatic heterocycles. The van der Waals surface area contributed by atoms with Gasteiger partial charge < -0.3 is 5.32 Å². The molecule has 2 heterocycles. The van der Waals surface area contributed by atoms with Crippen LogP contribution >= 0.6 is 0 Å². The number of carbonyl (C=O) groups excluding carboxylic acids is 1. The van der Waals surface area contributed by atoms with Crippen LogP contribution < -0.4 is 16.2 Å². The van der Waals surface area contributed by atoms with E-state index in [-0.39, 0.29) is 22.9 Å². The second-order valence-electron chi connectivity index (χ2n) is 6.56. The maximum absolute atomic E-state index is 12.4. The van der Waals surface area contributed by atoms with Gasteiger partial charge in [-0.1, -0.05) is 12.1 Å². The van der Waals surface area contributed by atoms with Gasteiger partial charge in [0.25, 0.3) is 11.6 Å². The van der Waals surface area contributed by atoms with Gasteiger partial charge in [-0.2, -0.15) is 0 Å². The number of non-ortho nitro benzene ring substituents is 1. The first kappa shape index (κ1) is 21.0. The van der Waals surface area contributed by atoms with E-state index in [0.717, 1.165) is 17.8 Å². The number of hydrazine groups is 1. The molecule has 1 amide bonds. The number of nitrogens with one attached hydrogen (secondary N) is 3. The third kappa shape index (κ3) is 4.46. The Kier molecular flexibility index (Phi) is 5.67. The van der Waals surface area contributed by atoms with E-state index in [1.165, 1.54) is 18.2 Å². The Bertz CT molecular complexity index is 1390. The van der Waals surface area contributed by atoms with Gasteiger partial charge in [0.2, 0.25) is 11.6 Å². The van der Waals surface area contributed by atoms with Crippen molar-refractivity contribution in [1.29, 1.82) is 0 Å². The number of aromatic nitrogens is 3. The topological polar surface area (TPSA) is 178 Å². The quantitative estimate of drug-likeness (QED) is 0.281. The van der Waals surface area contributed by atoms with Gasteiger partial charge in [-0.15, -0.1) is 0 Å². The van der Waals surface area contributed by atoms with Gasteiger partial charge in [-0.25, -0.2) is 9.97 Å². The van der Waals surface area contributed by atoms with Gasteiger partial charge in [0.15, 0.2) is 0 Å². The number of nitro groups is 2. The van der Waals surface area contributed by atoms with Crippen LogP contribution in [0.2, 0.25) is 0 Å². The van der Waals surface area contributed by atoms with Crippen molar-refractivity contribution in [3.8, 4) is 0 Å². The molecule has 0 aliphatic carbocycles. The zero-order valence-corrected chi connectivity index (χ0v) is 16.6. The van der Waals surface area contributed by atoms with Crippen LogP contribution in [0, 0.1) is 20.2 Å². The van der Waals surface area contributed by atoms with Gasteiger partial charge in [0.05, 0.1) is 15.4 Å². The van der Waals surface area contributed by atoms with Crippen molar-refractivity contribution in [2.45, 2.75) is 0 Å². The lowest BCUT2D eigenvalue weighted by Crippen LogP contribution is -2.30. The highest BCUT2D eigenvalue weighted by Crippen LogP contribution is 2.32. The molecule has 0 spiro atoms. The number of nitro benzene ring substituents is 1. The van der Waals surface area contributed by atoms with Crippen molar-refractivity contribution in [2.75, 3.05) is 10.7 Å². The molecule has 0 saturated carbocycles. The minimum atomic E-state index is -0.749. The fourth-order valence-electron chi connectivity index (χ4n) is 3.02. The molecule has 3 N–H and O–H groups in total. The number of fused-ring (bicyclic) bond motifs is 1. The van der Waals surface area contributed by atoms with E-state index in [4.69, 9.17) is 0 Å². The summed E-state index contributed by atoms with van der Waals surface area (Å²) in [5.41, 5.74) is 5.06. The van der Waals surface area contributed by atoms with Crippen molar-refractivity contribution in [3.05, 3.63) is 92.9 Å². The number of pyridine rings is 1. The van der Waals surface area contributed by atoms with E-state index in [2.05, 4.69) is 31.1 Å². The standard InChI is InChI=1S/C20H14N8O5/c29-20(12-4-1-5-13(10-12)27(30)31)26-25-19-17(28(32)33)18(22-11-23-19)24-16-8-2-7-15-14(16)6-3-9-21-15/h1-11H,(H,26,29)(H2,22,23,24,25). The van der Waals surface area contributed by atoms with E-state index in [0.29, 0.717) is 11.2 Å². The Hall–Kier alpha value is -5.20. The Morgan fingerprint density at radius 1 is 0.879 bits per heavy atom. The molecule has 0 unspecified atom stereocenters. The van der Waals surface area contributed by atoms with Crippen LogP contribution in [0.25, 0.3) is 10.9 Å². The second-order valence-corrected chi connectivity index (χ2v) is 6.56. The monoisotopic (exact) mass is 446 g/mol. The van der Waals surface area contributed by atoms with Crippen LogP contribution in [0.3, 0.4) is 0 Å². The largest absolute Gasteiger partial charge is 0.355 e. The minimum Gasteiger partial charge on any atom is -0.334 e. The SMILES string of the molecule is O=C(NNc1ncnc(Nc2cccc3ncccc23)c1[N+](=O)[O-])c1cccc([N+](=O)[O-])c1. The van der Waals surface area contributed by atoms with Crippen LogP contribution in [-0.4, -0.2) is 30.7 Å². The third-order valence-electron chi connectivity index (χ3n) is 4.52. The van der Waals surface area contributed by atoms with E-state index in [1.807, 2.05) is 0 Å². The average Bonchev–Trinajstić information content (AvgIpc) is 2.82. The molecular formula is C20H14N8O5. The van der Waals surface area contributed by atoms with Crippen molar-refractivity contribution < 1.29 is 14.6 Å². The third-order valence-corrected chi connectivity index (χ3v) is 4.52. The lowest BCUT2D eigenvalue weighted by molar-refractivity contribution is -0.384. The molecule has 0 radical (unpaired) electrons. The number of benzene rings is 2. The maximum atomic E-state index is 12.4. The second kappa shape index (κ2) is 8.89. The highest BCUT2D eigenvalue weighted by atomic mass is 16.6. The first-order valence-corrected chi connectivity index (χ1v) is 9.35. The van der Waals surface area contributed by atoms with Crippen LogP contribution in [-0.2, 0) is 0 Å². The number of rotatable bonds is 7. The summed E-state index contributed by atoms with van der Waals surface area (Å²) in [5.74, 6) is -1.14. The highest BCUT2D eigenvalue weighted by Gasteiger charge is 2.24. The molecule has 0 atom stereocenters. The summed E-state index contributed by atoms with van der Waals surface area (Å²) in [7, 11) is 0. The summed E-state index contributed by atoms with van der Waals surface area (Å²) < 4.78 is 0. The van der Waals surface area contributed by atoms with Crippen molar-refractivity contribution in [1.82, 2.24) is 20.4 Å². The molecule has 2 aromatic heterocycles. The molecule has 0 saturated heterocycles. The normalized spacial score (nSPS) is 10.4. The summed E-state index contributed by atoms with van der Waals surface area (Å²) in [4.78, 5) is 45.7. The lowest BCUT2D eigenvalue weighted by atomic mass is 10.2. The van der Waals surface area contributed by atoms with E-state index >= 15 is 0 Å². The van der Waals surface area contributed by atoms with Crippen molar-refractivity contribution in [3.63, 3.8) is 0 Å². The van der Waals surface area contributed by atoms with Gasteiger partial charge in [0, 0.05) is 35.0 Å². The predicted molar refractivity (Wildman–Crippen MR) is 118 cm³/mol. The molecule has 4 aromatic rings. The molecule has 2 aromatic carbocycles. The number of nitrogens with zero attached hydrogens (tertiary/aromatic N) is 5. The molecule has 0 aliphatic rings. The number of hydrogen-bond donors (Lipinski definition) is 3. The molecule has 13 heteroatoms. The smallest absolute Gasteiger partial charge is 0.334 e. The maximum Gasteiger partial charge on any atom is 0.355 e. The molecule has 0 fully saturated rings. The zero-order valence-electron chi connectivity index (χ0n) is 16.6. The summed E-state index contributed by atoms with van der Waals surface area (Å²) >= 11 is 0. The Balaban J connectivity index is 1.60. The van der Waals surface area contributed by atoms with Crippen LogP contribution in [0.4, 0.5) is 28.7 Å². The first-order chi connectivity index (χ1) is 15.9. The summed E-state index contributed by atoms with van der Waals surface area (Å²) in [5, 5.41) is 26.3. The first-order valence-electron chi connectivity index (χ1n) is 9.35. The van der Waals surface area contributed by atoms with Crippen LogP contribution in [0.5, 0.6) is 0 Å². The molecular weight excluding hydrogens is 432 g/mol. The molecule has 0 bridgehead atoms. The van der Waals surface area contributed by atoms with Gasteiger partial charge in [0.1, 0.15) is 6.33 Å². The fraction of sp³-hybridized carbons (Fsp3) is 0. The molecule has 13 nitrogen and oxygen atoms in total. The predicted octanol–water partition coefficient (Wildman–Crippen LogP) is 3.34. The Morgan fingerprint density at radius 2 is 1.67 bits per heavy atom. The molecule has 164 valence electrons. The Morgan fingerprint density at radius 3 is 2.45 bits per heavy atom. The van der Waals surface area contributed by atoms with Crippen LogP contribution in [0.15, 0.2) is 67.1 Å². The van der Waals surface area contributed by atoms with E-state index < -0.39 is 21.4 Å². The number of amides is 1. The molecule has 4 rings (SSSR count). The minimum absolute atomic E-state index is 0.0185. The summed E-state index contributed by atoms with van der Waals surface area (Å²) in [6.45, 7) is 0. The zero-order chi connectivity index (χ0) is 23.4. The van der Waals surface area contributed by atoms with Crippen molar-refractivity contribution >= 4 is 45.5 Å². The van der Waals surface area contributed by atoms with Gasteiger partial charge in [-0.05, 0) is 30.3 Å². The van der Waals surface area contributed by atoms with Crippen LogP contribution in [0.1, 0.15) is 10.4 Å². The van der Waals surface area contributed by atoms with E-state index in [9.17, 15) is 25.0 Å². The van der Waals surface area contributed by atoms with Gasteiger partial charge >= 0.3 is 5.69 Å². The highest BCUT2D eigenvalue weighted by molar-refractivity contribution is 5.96. The Labute approximate surface area is 184 Å². The lowest BCUT2D eigenvalue weighted by Gasteiger charge is -2.12. The summed E-state index contributed by atoms with van der Waals surface area (Å²) in [6, 6.07) is 13.8.